The zero-order valence-corrected chi connectivity index (χ0v) is 18.5. The highest BCUT2D eigenvalue weighted by atomic mass is 32.1. The van der Waals surface area contributed by atoms with Gasteiger partial charge in [-0.05, 0) is 35.6 Å². The Morgan fingerprint density at radius 2 is 1.87 bits per heavy atom. The highest BCUT2D eigenvalue weighted by Crippen LogP contribution is 2.20. The van der Waals surface area contributed by atoms with E-state index in [0.29, 0.717) is 34.6 Å². The van der Waals surface area contributed by atoms with Gasteiger partial charge in [-0.15, -0.1) is 11.3 Å². The number of carbonyl (C=O) groups is 2. The molecule has 1 unspecified atom stereocenters. The third-order valence-electron chi connectivity index (χ3n) is 5.71. The van der Waals surface area contributed by atoms with E-state index in [-0.39, 0.29) is 11.8 Å². The summed E-state index contributed by atoms with van der Waals surface area (Å²) in [5.74, 6) is 0.245. The maximum Gasteiger partial charge on any atom is 0.265 e. The molecule has 1 atom stereocenters. The van der Waals surface area contributed by atoms with Crippen molar-refractivity contribution in [2.45, 2.75) is 32.7 Å². The first-order valence-corrected chi connectivity index (χ1v) is 11.5. The number of hydrogen-bond acceptors (Lipinski definition) is 5. The molecule has 2 aromatic rings. The second-order valence-corrected chi connectivity index (χ2v) is 8.46. The van der Waals surface area contributed by atoms with E-state index >= 15 is 0 Å². The molecule has 2 heterocycles. The average Bonchev–Trinajstić information content (AvgIpc) is 3.32. The molecule has 0 bridgehead atoms. The topological polar surface area (TPSA) is 70.7 Å². The first-order chi connectivity index (χ1) is 14.6. The normalized spacial score (nSPS) is 15.7. The Kier molecular flexibility index (Phi) is 8.42. The number of rotatable bonds is 9. The van der Waals surface area contributed by atoms with E-state index in [1.807, 2.05) is 11.4 Å². The van der Waals surface area contributed by atoms with Gasteiger partial charge in [0.1, 0.15) is 0 Å². The zero-order valence-electron chi connectivity index (χ0n) is 17.7. The van der Waals surface area contributed by atoms with E-state index in [2.05, 4.69) is 29.4 Å². The minimum atomic E-state index is -0.163. The number of nitrogens with zero attached hydrogens (tertiary/aromatic N) is 1. The molecular formula is C23H31N3O3S. The number of ether oxygens (including phenoxy) is 1. The molecule has 7 heteroatoms. The number of anilines is 1. The SMILES string of the molecule is CCC(CC)C(CNC(=O)c1cccc(NC(=O)c2cccs2)c1)N1CCOCC1. The van der Waals surface area contributed by atoms with Gasteiger partial charge in [-0.2, -0.15) is 0 Å². The molecule has 1 aliphatic rings. The number of thiophene rings is 1. The second kappa shape index (κ2) is 11.2. The van der Waals surface area contributed by atoms with Crippen LogP contribution in [0, 0.1) is 5.92 Å². The Morgan fingerprint density at radius 3 is 2.53 bits per heavy atom. The lowest BCUT2D eigenvalue weighted by molar-refractivity contribution is 0.00191. The van der Waals surface area contributed by atoms with Crippen molar-refractivity contribution in [2.75, 3.05) is 38.2 Å². The highest BCUT2D eigenvalue weighted by molar-refractivity contribution is 7.12. The van der Waals surface area contributed by atoms with Crippen molar-refractivity contribution in [3.8, 4) is 0 Å². The summed E-state index contributed by atoms with van der Waals surface area (Å²) in [7, 11) is 0. The summed E-state index contributed by atoms with van der Waals surface area (Å²) in [5.41, 5.74) is 1.16. The van der Waals surface area contributed by atoms with Crippen molar-refractivity contribution >= 4 is 28.8 Å². The quantitative estimate of drug-likeness (QED) is 0.635. The van der Waals surface area contributed by atoms with Gasteiger partial charge in [0.25, 0.3) is 11.8 Å². The third kappa shape index (κ3) is 5.90. The molecule has 30 heavy (non-hydrogen) atoms. The van der Waals surface area contributed by atoms with E-state index < -0.39 is 0 Å². The molecule has 1 aromatic heterocycles. The first kappa shape index (κ1) is 22.5. The number of hydrogen-bond donors (Lipinski definition) is 2. The molecule has 0 spiro atoms. The van der Waals surface area contributed by atoms with Gasteiger partial charge in [-0.3, -0.25) is 14.5 Å². The Morgan fingerprint density at radius 1 is 1.10 bits per heavy atom. The fourth-order valence-corrected chi connectivity index (χ4v) is 4.59. The zero-order chi connectivity index (χ0) is 21.3. The van der Waals surface area contributed by atoms with Gasteiger partial charge in [0.15, 0.2) is 0 Å². The van der Waals surface area contributed by atoms with E-state index in [1.54, 1.807) is 30.3 Å². The van der Waals surface area contributed by atoms with Crippen LogP contribution >= 0.6 is 11.3 Å². The fraction of sp³-hybridized carbons (Fsp3) is 0.478. The number of morpholine rings is 1. The van der Waals surface area contributed by atoms with Gasteiger partial charge in [0.2, 0.25) is 0 Å². The van der Waals surface area contributed by atoms with Gasteiger partial charge in [0, 0.05) is 36.9 Å². The van der Waals surface area contributed by atoms with Crippen LogP contribution in [0.15, 0.2) is 41.8 Å². The molecule has 0 saturated carbocycles. The van der Waals surface area contributed by atoms with Crippen molar-refractivity contribution in [2.24, 2.45) is 5.92 Å². The maximum absolute atomic E-state index is 12.8. The Balaban J connectivity index is 1.63. The van der Waals surface area contributed by atoms with E-state index in [9.17, 15) is 9.59 Å². The van der Waals surface area contributed by atoms with Gasteiger partial charge < -0.3 is 15.4 Å². The molecule has 3 rings (SSSR count). The molecule has 1 aromatic carbocycles. The van der Waals surface area contributed by atoms with Crippen LogP contribution in [0.2, 0.25) is 0 Å². The second-order valence-electron chi connectivity index (χ2n) is 7.51. The van der Waals surface area contributed by atoms with Gasteiger partial charge in [-0.1, -0.05) is 38.8 Å². The molecule has 6 nitrogen and oxygen atoms in total. The molecule has 1 saturated heterocycles. The number of benzene rings is 1. The standard InChI is InChI=1S/C23H31N3O3S/c1-3-17(4-2)20(26-10-12-29-13-11-26)16-24-22(27)18-7-5-8-19(15-18)25-23(28)21-9-6-14-30-21/h5-9,14-15,17,20H,3-4,10-13,16H2,1-2H3,(H,24,27)(H,25,28). The lowest BCUT2D eigenvalue weighted by atomic mass is 9.92. The molecular weight excluding hydrogens is 398 g/mol. The summed E-state index contributed by atoms with van der Waals surface area (Å²) in [5, 5.41) is 7.85. The first-order valence-electron chi connectivity index (χ1n) is 10.7. The van der Waals surface area contributed by atoms with Crippen LogP contribution in [0.25, 0.3) is 0 Å². The number of amides is 2. The fourth-order valence-electron chi connectivity index (χ4n) is 3.97. The van der Waals surface area contributed by atoms with Crippen molar-refractivity contribution in [3.05, 3.63) is 52.2 Å². The largest absolute Gasteiger partial charge is 0.379 e. The molecule has 1 aliphatic heterocycles. The van der Waals surface area contributed by atoms with Crippen LogP contribution in [0.4, 0.5) is 5.69 Å². The smallest absolute Gasteiger partial charge is 0.265 e. The van der Waals surface area contributed by atoms with Crippen LogP contribution in [0.3, 0.4) is 0 Å². The summed E-state index contributed by atoms with van der Waals surface area (Å²) < 4.78 is 5.50. The molecule has 2 amide bonds. The van der Waals surface area contributed by atoms with Crippen LogP contribution in [-0.2, 0) is 4.74 Å². The highest BCUT2D eigenvalue weighted by Gasteiger charge is 2.27. The average molecular weight is 430 g/mol. The molecule has 0 aliphatic carbocycles. The Hall–Kier alpha value is -2.22. The molecule has 162 valence electrons. The predicted octanol–water partition coefficient (Wildman–Crippen LogP) is 3.87. The van der Waals surface area contributed by atoms with Crippen molar-refractivity contribution in [1.82, 2.24) is 10.2 Å². The maximum atomic E-state index is 12.8. The summed E-state index contributed by atoms with van der Waals surface area (Å²) in [4.78, 5) is 28.2. The van der Waals surface area contributed by atoms with Crippen LogP contribution in [-0.4, -0.2) is 55.6 Å². The molecule has 2 N–H and O–H groups in total. The minimum absolute atomic E-state index is 0.119. The van der Waals surface area contributed by atoms with Gasteiger partial charge >= 0.3 is 0 Å². The summed E-state index contributed by atoms with van der Waals surface area (Å²) in [6.07, 6.45) is 2.16. The van der Waals surface area contributed by atoms with E-state index in [4.69, 9.17) is 4.74 Å². The van der Waals surface area contributed by atoms with Crippen LogP contribution in [0.1, 0.15) is 46.7 Å². The van der Waals surface area contributed by atoms with E-state index in [0.717, 1.165) is 39.1 Å². The van der Waals surface area contributed by atoms with Crippen LogP contribution in [0.5, 0.6) is 0 Å². The van der Waals surface area contributed by atoms with Crippen molar-refractivity contribution in [1.29, 1.82) is 0 Å². The van der Waals surface area contributed by atoms with Gasteiger partial charge in [0.05, 0.1) is 18.1 Å². The third-order valence-corrected chi connectivity index (χ3v) is 6.58. The monoisotopic (exact) mass is 429 g/mol. The van der Waals surface area contributed by atoms with Crippen LogP contribution < -0.4 is 10.6 Å². The van der Waals surface area contributed by atoms with Crippen molar-refractivity contribution < 1.29 is 14.3 Å². The van der Waals surface area contributed by atoms with Crippen molar-refractivity contribution in [3.63, 3.8) is 0 Å². The Labute approximate surface area is 182 Å². The lowest BCUT2D eigenvalue weighted by Crippen LogP contribution is -2.52. The number of carbonyl (C=O) groups excluding carboxylic acids is 2. The molecule has 0 radical (unpaired) electrons. The predicted molar refractivity (Wildman–Crippen MR) is 121 cm³/mol. The van der Waals surface area contributed by atoms with Gasteiger partial charge in [-0.25, -0.2) is 0 Å². The van der Waals surface area contributed by atoms with E-state index in [1.165, 1.54) is 11.3 Å². The summed E-state index contributed by atoms with van der Waals surface area (Å²) in [6.45, 7) is 8.33. The summed E-state index contributed by atoms with van der Waals surface area (Å²) in [6, 6.07) is 11.0. The lowest BCUT2D eigenvalue weighted by Gasteiger charge is -2.38. The number of nitrogens with one attached hydrogen (secondary N) is 2. The summed E-state index contributed by atoms with van der Waals surface area (Å²) >= 11 is 1.39. The minimum Gasteiger partial charge on any atom is -0.379 e. The Bertz CT molecular complexity index is 815. The molecule has 1 fully saturated rings.